The van der Waals surface area contributed by atoms with Crippen molar-refractivity contribution in [1.29, 1.82) is 0 Å². The Labute approximate surface area is 204 Å². The zero-order valence-electron chi connectivity index (χ0n) is 21.5. The molecule has 0 aliphatic rings. The van der Waals surface area contributed by atoms with Crippen molar-refractivity contribution in [1.82, 2.24) is 4.98 Å². The number of fused-ring (bicyclic) bond motifs is 1. The maximum atomic E-state index is 8.84. The molecule has 0 atom stereocenters. The van der Waals surface area contributed by atoms with Crippen LogP contribution in [0.3, 0.4) is 0 Å². The Hall–Kier alpha value is -3.43. The first-order valence-corrected chi connectivity index (χ1v) is 15.3. The van der Waals surface area contributed by atoms with Crippen LogP contribution in [-0.2, 0) is 0 Å². The van der Waals surface area contributed by atoms with Gasteiger partial charge in [-0.2, -0.15) is 0 Å². The fourth-order valence-electron chi connectivity index (χ4n) is 4.50. The van der Waals surface area contributed by atoms with Crippen molar-refractivity contribution in [3.63, 3.8) is 0 Å². The van der Waals surface area contributed by atoms with Gasteiger partial charge in [0.1, 0.15) is 11.3 Å². The molecule has 0 unspecified atom stereocenters. The average molecular weight is 463 g/mol. The summed E-state index contributed by atoms with van der Waals surface area (Å²) in [7, 11) is -1.65. The van der Waals surface area contributed by atoms with Crippen LogP contribution in [0.1, 0.15) is 26.7 Å². The van der Waals surface area contributed by atoms with Crippen molar-refractivity contribution in [3.05, 3.63) is 96.7 Å². The summed E-state index contributed by atoms with van der Waals surface area (Å²) in [6.07, 6.45) is 2.02. The van der Waals surface area contributed by atoms with E-state index in [1.165, 1.54) is 5.19 Å². The number of hydrogen-bond donors (Lipinski definition) is 0. The number of benzene rings is 3. The predicted molar refractivity (Wildman–Crippen MR) is 147 cm³/mol. The van der Waals surface area contributed by atoms with E-state index < -0.39 is 14.0 Å². The lowest BCUT2D eigenvalue weighted by Gasteiger charge is -2.23. The molecule has 0 radical (unpaired) electrons. The van der Waals surface area contributed by atoms with Crippen LogP contribution in [0, 0.1) is 0 Å². The van der Waals surface area contributed by atoms with Crippen LogP contribution in [0.25, 0.3) is 44.7 Å². The van der Waals surface area contributed by atoms with Gasteiger partial charge in [-0.1, -0.05) is 94.2 Å². The molecule has 0 fully saturated rings. The van der Waals surface area contributed by atoms with E-state index in [0.29, 0.717) is 0 Å². The molecule has 0 aliphatic carbocycles. The van der Waals surface area contributed by atoms with Gasteiger partial charge in [-0.05, 0) is 46.5 Å². The van der Waals surface area contributed by atoms with Gasteiger partial charge in [-0.15, -0.1) is 0 Å². The minimum atomic E-state index is -1.65. The molecule has 0 bridgehead atoms. The summed E-state index contributed by atoms with van der Waals surface area (Å²) in [6.45, 7) is 10.9. The lowest BCUT2D eigenvalue weighted by molar-refractivity contribution is 0.632. The lowest BCUT2D eigenvalue weighted by Crippen LogP contribution is -2.40. The summed E-state index contributed by atoms with van der Waals surface area (Å²) in [5, 5.41) is 2.29. The van der Waals surface area contributed by atoms with E-state index in [9.17, 15) is 0 Å². The van der Waals surface area contributed by atoms with Crippen molar-refractivity contribution in [2.45, 2.75) is 39.4 Å². The topological polar surface area (TPSA) is 26.0 Å². The summed E-state index contributed by atoms with van der Waals surface area (Å²) in [5.74, 6) is 0.153. The Morgan fingerprint density at radius 1 is 0.794 bits per heavy atom. The molecule has 3 aromatic carbocycles. The van der Waals surface area contributed by atoms with Crippen LogP contribution in [0.5, 0.6) is 0 Å². The quantitative estimate of drug-likeness (QED) is 0.245. The van der Waals surface area contributed by atoms with Gasteiger partial charge in [-0.25, -0.2) is 0 Å². The Kier molecular flexibility index (Phi) is 5.42. The third kappa shape index (κ3) is 4.24. The second-order valence-electron chi connectivity index (χ2n) is 10.1. The van der Waals surface area contributed by atoms with Gasteiger partial charge in [0.05, 0.1) is 13.8 Å². The second kappa shape index (κ2) is 8.73. The molecular weight excluding hydrogens is 430 g/mol. The molecule has 2 aromatic heterocycles. The molecule has 5 rings (SSSR count). The highest BCUT2D eigenvalue weighted by Crippen LogP contribution is 2.38. The minimum Gasteiger partial charge on any atom is -0.455 e. The van der Waals surface area contributed by atoms with Crippen LogP contribution in [0.15, 0.2) is 95.5 Å². The first kappa shape index (κ1) is 21.1. The van der Waals surface area contributed by atoms with Gasteiger partial charge < -0.3 is 4.42 Å². The van der Waals surface area contributed by atoms with E-state index in [2.05, 4.69) is 80.3 Å². The highest BCUT2D eigenvalue weighted by molar-refractivity contribution is 6.89. The van der Waals surface area contributed by atoms with Crippen molar-refractivity contribution >= 4 is 24.2 Å². The zero-order chi connectivity index (χ0) is 24.8. The van der Waals surface area contributed by atoms with E-state index in [1.54, 1.807) is 0 Å². The molecule has 2 heterocycles. The summed E-state index contributed by atoms with van der Waals surface area (Å²) in [6, 6.07) is 29.2. The largest absolute Gasteiger partial charge is 0.455 e. The lowest BCUT2D eigenvalue weighted by atomic mass is 9.96. The van der Waals surface area contributed by atoms with E-state index in [0.717, 1.165) is 50.2 Å². The fourth-order valence-corrected chi connectivity index (χ4v) is 6.08. The monoisotopic (exact) mass is 462 g/mol. The van der Waals surface area contributed by atoms with Crippen molar-refractivity contribution in [3.8, 4) is 33.7 Å². The maximum Gasteiger partial charge on any atom is 0.142 e. The SMILES string of the molecule is [2H]C(C)(C)c1cc(-c2cc(-c3ccccc3)c3oc(-c4ccccc4)cc3c2)ncc1[Si](C)(C)C. The van der Waals surface area contributed by atoms with Gasteiger partial charge in [0.25, 0.3) is 0 Å². The van der Waals surface area contributed by atoms with Crippen LogP contribution < -0.4 is 5.19 Å². The molecule has 0 N–H and O–H groups in total. The van der Waals surface area contributed by atoms with Gasteiger partial charge >= 0.3 is 0 Å². The molecule has 0 saturated carbocycles. The van der Waals surface area contributed by atoms with Gasteiger partial charge in [0.15, 0.2) is 0 Å². The standard InChI is InChI=1S/C31H31NOSi/c1-21(2)26-19-28(32-20-30(26)34(3,4)5)24-16-25-18-29(23-14-10-7-11-15-23)33-31(25)27(17-24)22-12-8-6-9-13-22/h6-21H,1-5H3/i21D. The number of hydrogen-bond acceptors (Lipinski definition) is 2. The average Bonchev–Trinajstić information content (AvgIpc) is 3.27. The number of rotatable bonds is 5. The first-order valence-electron chi connectivity index (χ1n) is 12.3. The Morgan fingerprint density at radius 2 is 1.44 bits per heavy atom. The third-order valence-corrected chi connectivity index (χ3v) is 8.32. The Balaban J connectivity index is 1.75. The fraction of sp³-hybridized carbons (Fsp3) is 0.194. The first-order chi connectivity index (χ1) is 16.6. The molecule has 0 aliphatic heterocycles. The zero-order valence-corrected chi connectivity index (χ0v) is 21.5. The van der Waals surface area contributed by atoms with Crippen LogP contribution in [0.2, 0.25) is 19.6 Å². The number of furan rings is 1. The minimum absolute atomic E-state index is 0.699. The molecule has 2 nitrogen and oxygen atoms in total. The summed E-state index contributed by atoms with van der Waals surface area (Å²) in [4.78, 5) is 4.92. The highest BCUT2D eigenvalue weighted by Gasteiger charge is 2.23. The number of nitrogens with zero attached hydrogens (tertiary/aromatic N) is 1. The Morgan fingerprint density at radius 3 is 2.06 bits per heavy atom. The Bertz CT molecular complexity index is 1490. The van der Waals surface area contributed by atoms with E-state index in [4.69, 9.17) is 10.8 Å². The van der Waals surface area contributed by atoms with Crippen molar-refractivity contribution < 1.29 is 5.79 Å². The maximum absolute atomic E-state index is 8.84. The second-order valence-corrected chi connectivity index (χ2v) is 15.2. The molecule has 0 amide bonds. The highest BCUT2D eigenvalue weighted by atomic mass is 28.3. The number of pyridine rings is 1. The molecule has 3 heteroatoms. The molecule has 170 valence electrons. The molecule has 5 aromatic rings. The normalized spacial score (nSPS) is 12.7. The summed E-state index contributed by atoms with van der Waals surface area (Å²) in [5.41, 5.74) is 7.07. The van der Waals surface area contributed by atoms with Gasteiger partial charge in [0.2, 0.25) is 0 Å². The molecule has 0 spiro atoms. The summed E-state index contributed by atoms with van der Waals surface area (Å²) >= 11 is 0. The van der Waals surface area contributed by atoms with E-state index in [-0.39, 0.29) is 0 Å². The van der Waals surface area contributed by atoms with E-state index in [1.807, 2.05) is 44.3 Å². The van der Waals surface area contributed by atoms with E-state index >= 15 is 0 Å². The van der Waals surface area contributed by atoms with Gasteiger partial charge in [0, 0.05) is 29.6 Å². The van der Waals surface area contributed by atoms with Crippen LogP contribution >= 0.6 is 0 Å². The molecule has 0 saturated heterocycles. The van der Waals surface area contributed by atoms with Crippen molar-refractivity contribution in [2.75, 3.05) is 0 Å². The molecule has 34 heavy (non-hydrogen) atoms. The van der Waals surface area contributed by atoms with Crippen molar-refractivity contribution in [2.24, 2.45) is 0 Å². The van der Waals surface area contributed by atoms with Crippen LogP contribution in [-0.4, -0.2) is 13.1 Å². The predicted octanol–water partition coefficient (Wildman–Crippen LogP) is 8.50. The van der Waals surface area contributed by atoms with Gasteiger partial charge in [-0.3, -0.25) is 4.98 Å². The van der Waals surface area contributed by atoms with Crippen LogP contribution in [0.4, 0.5) is 0 Å². The third-order valence-electron chi connectivity index (χ3n) is 6.31. The summed E-state index contributed by atoms with van der Waals surface area (Å²) < 4.78 is 15.3. The number of aromatic nitrogens is 1. The molecular formula is C31H31NOSi. The smallest absolute Gasteiger partial charge is 0.142 e.